The van der Waals surface area contributed by atoms with Crippen LogP contribution in [0.2, 0.25) is 0 Å². The minimum absolute atomic E-state index is 0.200. The Kier molecular flexibility index (Phi) is 2.28. The Bertz CT molecular complexity index is 211. The summed E-state index contributed by atoms with van der Waals surface area (Å²) in [6.07, 6.45) is 4.58. The van der Waals surface area contributed by atoms with Crippen LogP contribution < -0.4 is 0 Å². The predicted molar refractivity (Wildman–Crippen MR) is 46.2 cm³/mol. The molecular formula is C10H14O. The Labute approximate surface area is 67.8 Å². The number of hydrogen-bond donors (Lipinski definition) is 0. The topological polar surface area (TPSA) is 17.1 Å². The molecule has 0 spiro atoms. The summed E-state index contributed by atoms with van der Waals surface area (Å²) in [5, 5.41) is 0. The Hall–Kier alpha value is -0.850. The Morgan fingerprint density at radius 1 is 1.64 bits per heavy atom. The largest absolute Gasteiger partial charge is 0.294 e. The van der Waals surface area contributed by atoms with Crippen molar-refractivity contribution in [2.75, 3.05) is 0 Å². The SMILES string of the molecule is C=C1C=CC(C(C)C)CC1=O. The molecule has 0 aliphatic heterocycles. The van der Waals surface area contributed by atoms with Crippen LogP contribution >= 0.6 is 0 Å². The molecule has 0 aromatic carbocycles. The standard InChI is InChI=1S/C10H14O/c1-7(2)9-5-4-8(3)10(11)6-9/h4-5,7,9H,3,6H2,1-2H3. The van der Waals surface area contributed by atoms with Crippen molar-refractivity contribution in [1.29, 1.82) is 0 Å². The van der Waals surface area contributed by atoms with Crippen molar-refractivity contribution in [3.8, 4) is 0 Å². The lowest BCUT2D eigenvalue weighted by molar-refractivity contribution is -0.116. The van der Waals surface area contributed by atoms with Gasteiger partial charge < -0.3 is 0 Å². The van der Waals surface area contributed by atoms with Gasteiger partial charge in [-0.25, -0.2) is 0 Å². The molecule has 1 aliphatic carbocycles. The number of allylic oxidation sites excluding steroid dienone is 3. The molecule has 60 valence electrons. The molecule has 0 aromatic rings. The second-order valence-corrected chi connectivity index (χ2v) is 3.42. The quantitative estimate of drug-likeness (QED) is 0.524. The first kappa shape index (κ1) is 8.25. The van der Waals surface area contributed by atoms with Crippen molar-refractivity contribution in [2.45, 2.75) is 20.3 Å². The molecule has 1 atom stereocenters. The normalized spacial score (nSPS) is 24.8. The lowest BCUT2D eigenvalue weighted by Crippen LogP contribution is -2.16. The molecule has 0 heterocycles. The van der Waals surface area contributed by atoms with E-state index < -0.39 is 0 Å². The van der Waals surface area contributed by atoms with E-state index >= 15 is 0 Å². The zero-order valence-corrected chi connectivity index (χ0v) is 7.13. The van der Waals surface area contributed by atoms with Gasteiger partial charge in [0.15, 0.2) is 5.78 Å². The Morgan fingerprint density at radius 2 is 2.27 bits per heavy atom. The van der Waals surface area contributed by atoms with Crippen LogP contribution in [0.15, 0.2) is 24.3 Å². The van der Waals surface area contributed by atoms with Gasteiger partial charge >= 0.3 is 0 Å². The fraction of sp³-hybridized carbons (Fsp3) is 0.500. The summed E-state index contributed by atoms with van der Waals surface area (Å²) in [4.78, 5) is 11.2. The fourth-order valence-electron chi connectivity index (χ4n) is 1.20. The van der Waals surface area contributed by atoms with Crippen LogP contribution in [0.1, 0.15) is 20.3 Å². The first-order chi connectivity index (χ1) is 5.11. The van der Waals surface area contributed by atoms with Gasteiger partial charge in [-0.05, 0) is 11.8 Å². The number of carbonyl (C=O) groups excluding carboxylic acids is 1. The maximum atomic E-state index is 11.2. The first-order valence-corrected chi connectivity index (χ1v) is 4.01. The van der Waals surface area contributed by atoms with E-state index in [1.165, 1.54) is 0 Å². The van der Waals surface area contributed by atoms with Crippen molar-refractivity contribution < 1.29 is 4.79 Å². The maximum Gasteiger partial charge on any atom is 0.162 e. The fourth-order valence-corrected chi connectivity index (χ4v) is 1.20. The van der Waals surface area contributed by atoms with E-state index in [1.54, 1.807) is 0 Å². The first-order valence-electron chi connectivity index (χ1n) is 4.01. The molecule has 1 heteroatoms. The maximum absolute atomic E-state index is 11.2. The van der Waals surface area contributed by atoms with E-state index in [9.17, 15) is 4.79 Å². The summed E-state index contributed by atoms with van der Waals surface area (Å²) in [7, 11) is 0. The minimum Gasteiger partial charge on any atom is -0.294 e. The van der Waals surface area contributed by atoms with E-state index in [0.29, 0.717) is 23.8 Å². The van der Waals surface area contributed by atoms with Crippen LogP contribution in [0, 0.1) is 11.8 Å². The Morgan fingerprint density at radius 3 is 2.73 bits per heavy atom. The van der Waals surface area contributed by atoms with Crippen molar-refractivity contribution in [1.82, 2.24) is 0 Å². The molecule has 0 saturated heterocycles. The second kappa shape index (κ2) is 3.04. The van der Waals surface area contributed by atoms with Crippen molar-refractivity contribution in [2.24, 2.45) is 11.8 Å². The van der Waals surface area contributed by atoms with E-state index in [4.69, 9.17) is 0 Å². The lowest BCUT2D eigenvalue weighted by Gasteiger charge is -2.19. The van der Waals surface area contributed by atoms with Gasteiger partial charge in [-0.15, -0.1) is 0 Å². The van der Waals surface area contributed by atoms with Gasteiger partial charge in [0.25, 0.3) is 0 Å². The van der Waals surface area contributed by atoms with Gasteiger partial charge in [0.1, 0.15) is 0 Å². The lowest BCUT2D eigenvalue weighted by atomic mass is 9.85. The monoisotopic (exact) mass is 150 g/mol. The molecule has 1 unspecified atom stereocenters. The average molecular weight is 150 g/mol. The smallest absolute Gasteiger partial charge is 0.162 e. The molecule has 1 aliphatic rings. The van der Waals surface area contributed by atoms with Crippen molar-refractivity contribution in [3.05, 3.63) is 24.3 Å². The molecule has 1 nitrogen and oxygen atoms in total. The molecular weight excluding hydrogens is 136 g/mol. The number of ketones is 1. The summed E-state index contributed by atoms with van der Waals surface area (Å²) in [6.45, 7) is 7.92. The van der Waals surface area contributed by atoms with Crippen molar-refractivity contribution >= 4 is 5.78 Å². The molecule has 0 aromatic heterocycles. The van der Waals surface area contributed by atoms with E-state index in [0.717, 1.165) is 0 Å². The van der Waals surface area contributed by atoms with Gasteiger partial charge in [0, 0.05) is 12.0 Å². The summed E-state index contributed by atoms with van der Waals surface area (Å²) in [6, 6.07) is 0. The molecule has 0 fully saturated rings. The molecule has 0 radical (unpaired) electrons. The molecule has 1 rings (SSSR count). The number of carbonyl (C=O) groups is 1. The van der Waals surface area contributed by atoms with Gasteiger partial charge in [-0.2, -0.15) is 0 Å². The third-order valence-corrected chi connectivity index (χ3v) is 2.18. The summed E-state index contributed by atoms with van der Waals surface area (Å²) >= 11 is 0. The van der Waals surface area contributed by atoms with Crippen LogP contribution in [-0.2, 0) is 4.79 Å². The van der Waals surface area contributed by atoms with Crippen LogP contribution in [0.3, 0.4) is 0 Å². The van der Waals surface area contributed by atoms with Gasteiger partial charge in [-0.1, -0.05) is 32.6 Å². The van der Waals surface area contributed by atoms with E-state index in [1.807, 2.05) is 6.08 Å². The average Bonchev–Trinajstić information content (AvgIpc) is 1.94. The second-order valence-electron chi connectivity index (χ2n) is 3.42. The predicted octanol–water partition coefficient (Wildman–Crippen LogP) is 2.34. The highest BCUT2D eigenvalue weighted by atomic mass is 16.1. The van der Waals surface area contributed by atoms with Crippen LogP contribution in [0.25, 0.3) is 0 Å². The zero-order valence-electron chi connectivity index (χ0n) is 7.13. The molecule has 0 N–H and O–H groups in total. The van der Waals surface area contributed by atoms with E-state index in [2.05, 4.69) is 26.5 Å². The summed E-state index contributed by atoms with van der Waals surface area (Å²) in [5.41, 5.74) is 0.655. The summed E-state index contributed by atoms with van der Waals surface area (Å²) in [5.74, 6) is 1.18. The van der Waals surface area contributed by atoms with Crippen LogP contribution in [0.5, 0.6) is 0 Å². The van der Waals surface area contributed by atoms with Gasteiger partial charge in [0.05, 0.1) is 0 Å². The highest BCUT2D eigenvalue weighted by molar-refractivity contribution is 5.98. The third kappa shape index (κ3) is 1.79. The van der Waals surface area contributed by atoms with Crippen molar-refractivity contribution in [3.63, 3.8) is 0 Å². The molecule has 0 amide bonds. The number of hydrogen-bond acceptors (Lipinski definition) is 1. The Balaban J connectivity index is 2.71. The molecule has 11 heavy (non-hydrogen) atoms. The number of rotatable bonds is 1. The highest BCUT2D eigenvalue weighted by Crippen LogP contribution is 2.23. The number of Topliss-reactive ketones (excluding diaryl/α,β-unsaturated/α-hetero) is 1. The third-order valence-electron chi connectivity index (χ3n) is 2.18. The highest BCUT2D eigenvalue weighted by Gasteiger charge is 2.19. The van der Waals surface area contributed by atoms with Crippen LogP contribution in [0.4, 0.5) is 0 Å². The van der Waals surface area contributed by atoms with Gasteiger partial charge in [0.2, 0.25) is 0 Å². The summed E-state index contributed by atoms with van der Waals surface area (Å²) < 4.78 is 0. The molecule has 0 bridgehead atoms. The van der Waals surface area contributed by atoms with E-state index in [-0.39, 0.29) is 5.78 Å². The minimum atomic E-state index is 0.200. The van der Waals surface area contributed by atoms with Gasteiger partial charge in [-0.3, -0.25) is 4.79 Å². The molecule has 0 saturated carbocycles. The van der Waals surface area contributed by atoms with Crippen LogP contribution in [-0.4, -0.2) is 5.78 Å². The zero-order chi connectivity index (χ0) is 8.43.